The van der Waals surface area contributed by atoms with Gasteiger partial charge in [-0.05, 0) is 61.9 Å². The average molecular weight is 583 g/mol. The molecule has 1 aliphatic rings. The van der Waals surface area contributed by atoms with Crippen molar-refractivity contribution in [2.24, 2.45) is 5.92 Å². The summed E-state index contributed by atoms with van der Waals surface area (Å²) in [6.07, 6.45) is 2.45. The van der Waals surface area contributed by atoms with Crippen LogP contribution in [0.1, 0.15) is 52.2 Å². The van der Waals surface area contributed by atoms with Crippen LogP contribution in [0.2, 0.25) is 5.02 Å². The summed E-state index contributed by atoms with van der Waals surface area (Å²) in [5, 5.41) is 5.69. The summed E-state index contributed by atoms with van der Waals surface area (Å²) in [5.41, 5.74) is 2.24. The monoisotopic (exact) mass is 582 g/mol. The number of carbonyl (C=O) groups excluding carboxylic acids is 2. The van der Waals surface area contributed by atoms with Gasteiger partial charge in [-0.15, -0.1) is 0 Å². The van der Waals surface area contributed by atoms with Gasteiger partial charge in [0.05, 0.1) is 45.6 Å². The van der Waals surface area contributed by atoms with E-state index >= 15 is 0 Å². The highest BCUT2D eigenvalue weighted by molar-refractivity contribution is 6.30. The third kappa shape index (κ3) is 6.14. The maximum atomic E-state index is 13.6. The van der Waals surface area contributed by atoms with Crippen molar-refractivity contribution in [1.29, 1.82) is 0 Å². The minimum atomic E-state index is -2.63. The SMILES string of the molecule is CNC(=O)c1ccc(-n2c(=O)n(CC3CCC(NC(=O)c4cc(Cl)cnc4CC(F)F)CC3)c3ccccc32)cn1. The number of benzene rings is 1. The van der Waals surface area contributed by atoms with Crippen LogP contribution in [-0.2, 0) is 13.0 Å². The predicted octanol–water partition coefficient (Wildman–Crippen LogP) is 4.39. The van der Waals surface area contributed by atoms with Gasteiger partial charge in [0.15, 0.2) is 0 Å². The minimum absolute atomic E-state index is 0.0184. The lowest BCUT2D eigenvalue weighted by molar-refractivity contribution is 0.0915. The lowest BCUT2D eigenvalue weighted by atomic mass is 9.85. The standard InChI is InChI=1S/C29H29ClF2N6O3/c1-33-28(40)22-11-10-20(15-35-22)38-25-5-3-2-4-24(25)37(29(38)41)16-17-6-8-19(9-7-17)36-27(39)21-12-18(30)14-34-23(21)13-26(31)32/h2-5,10-12,14-15,17,19,26H,6-9,13,16H2,1H3,(H,33,40)(H,36,39). The molecule has 1 fully saturated rings. The van der Waals surface area contributed by atoms with Crippen molar-refractivity contribution in [3.05, 3.63) is 87.3 Å². The number of imidazole rings is 1. The van der Waals surface area contributed by atoms with Gasteiger partial charge in [-0.25, -0.2) is 18.6 Å². The maximum Gasteiger partial charge on any atom is 0.333 e. The second kappa shape index (κ2) is 12.2. The van der Waals surface area contributed by atoms with Gasteiger partial charge in [0, 0.05) is 25.8 Å². The van der Waals surface area contributed by atoms with E-state index in [4.69, 9.17) is 11.6 Å². The van der Waals surface area contributed by atoms with Crippen molar-refractivity contribution in [3.63, 3.8) is 0 Å². The first-order valence-electron chi connectivity index (χ1n) is 13.4. The number of fused-ring (bicyclic) bond motifs is 1. The van der Waals surface area contributed by atoms with Gasteiger partial charge in [0.1, 0.15) is 5.69 Å². The van der Waals surface area contributed by atoms with Crippen LogP contribution in [0.4, 0.5) is 8.78 Å². The summed E-state index contributed by atoms with van der Waals surface area (Å²) in [6.45, 7) is 0.507. The smallest absolute Gasteiger partial charge is 0.333 e. The largest absolute Gasteiger partial charge is 0.354 e. The number of rotatable bonds is 8. The third-order valence-electron chi connectivity index (χ3n) is 7.45. The summed E-state index contributed by atoms with van der Waals surface area (Å²) in [4.78, 5) is 46.6. The summed E-state index contributed by atoms with van der Waals surface area (Å²) in [5.74, 6) is -0.568. The molecule has 3 heterocycles. The average Bonchev–Trinajstić information content (AvgIpc) is 3.25. The highest BCUT2D eigenvalue weighted by Gasteiger charge is 2.26. The zero-order valence-corrected chi connectivity index (χ0v) is 23.1. The van der Waals surface area contributed by atoms with Gasteiger partial charge in [-0.1, -0.05) is 23.7 Å². The molecule has 0 saturated heterocycles. The molecule has 0 unspecified atom stereocenters. The highest BCUT2D eigenvalue weighted by Crippen LogP contribution is 2.28. The van der Waals surface area contributed by atoms with Gasteiger partial charge in [0.2, 0.25) is 6.43 Å². The Morgan fingerprint density at radius 2 is 1.76 bits per heavy atom. The molecule has 0 radical (unpaired) electrons. The molecule has 1 aliphatic carbocycles. The summed E-state index contributed by atoms with van der Waals surface area (Å²) >= 11 is 5.98. The minimum Gasteiger partial charge on any atom is -0.354 e. The van der Waals surface area contributed by atoms with Crippen molar-refractivity contribution >= 4 is 34.4 Å². The fourth-order valence-electron chi connectivity index (χ4n) is 5.40. The van der Waals surface area contributed by atoms with Crippen LogP contribution in [0.15, 0.2) is 59.7 Å². The van der Waals surface area contributed by atoms with E-state index in [9.17, 15) is 23.2 Å². The quantitative estimate of drug-likeness (QED) is 0.320. The van der Waals surface area contributed by atoms with Gasteiger partial charge < -0.3 is 10.6 Å². The van der Waals surface area contributed by atoms with E-state index in [0.717, 1.165) is 23.9 Å². The molecule has 41 heavy (non-hydrogen) atoms. The zero-order chi connectivity index (χ0) is 29.1. The Labute approximate surface area is 239 Å². The number of hydrogen-bond donors (Lipinski definition) is 2. The van der Waals surface area contributed by atoms with Crippen molar-refractivity contribution in [2.75, 3.05) is 7.05 Å². The Balaban J connectivity index is 1.29. The summed E-state index contributed by atoms with van der Waals surface area (Å²) < 4.78 is 29.3. The molecular formula is C29H29ClF2N6O3. The summed E-state index contributed by atoms with van der Waals surface area (Å²) in [6, 6.07) is 12.1. The molecule has 4 aromatic rings. The van der Waals surface area contributed by atoms with Crippen molar-refractivity contribution in [1.82, 2.24) is 29.7 Å². The Hall–Kier alpha value is -4.12. The number of nitrogens with one attached hydrogen (secondary N) is 2. The van der Waals surface area contributed by atoms with E-state index in [0.29, 0.717) is 25.1 Å². The molecule has 2 amide bonds. The number of aromatic nitrogens is 4. The first-order chi connectivity index (χ1) is 19.7. The molecule has 12 heteroatoms. The number of nitrogens with zero attached hydrogens (tertiary/aromatic N) is 4. The van der Waals surface area contributed by atoms with Crippen LogP contribution in [-0.4, -0.2) is 50.4 Å². The molecule has 0 atom stereocenters. The first kappa shape index (κ1) is 28.4. The number of pyridine rings is 2. The van der Waals surface area contributed by atoms with Crippen LogP contribution >= 0.6 is 11.6 Å². The molecule has 0 bridgehead atoms. The van der Waals surface area contributed by atoms with Gasteiger partial charge in [-0.2, -0.15) is 0 Å². The number of alkyl halides is 2. The predicted molar refractivity (Wildman–Crippen MR) is 151 cm³/mol. The zero-order valence-electron chi connectivity index (χ0n) is 22.3. The van der Waals surface area contributed by atoms with Crippen LogP contribution < -0.4 is 16.3 Å². The van der Waals surface area contributed by atoms with Gasteiger partial charge in [0.25, 0.3) is 11.8 Å². The Morgan fingerprint density at radius 3 is 2.41 bits per heavy atom. The van der Waals surface area contributed by atoms with E-state index in [-0.39, 0.29) is 45.5 Å². The second-order valence-corrected chi connectivity index (χ2v) is 10.6. The van der Waals surface area contributed by atoms with E-state index in [1.807, 2.05) is 24.3 Å². The Morgan fingerprint density at radius 1 is 1.02 bits per heavy atom. The molecule has 2 N–H and O–H groups in total. The number of para-hydroxylation sites is 2. The molecule has 1 saturated carbocycles. The highest BCUT2D eigenvalue weighted by atomic mass is 35.5. The number of hydrogen-bond acceptors (Lipinski definition) is 5. The third-order valence-corrected chi connectivity index (χ3v) is 7.66. The molecule has 0 spiro atoms. The fourth-order valence-corrected chi connectivity index (χ4v) is 5.56. The molecular weight excluding hydrogens is 554 g/mol. The number of halogens is 3. The van der Waals surface area contributed by atoms with Gasteiger partial charge >= 0.3 is 5.69 Å². The maximum absolute atomic E-state index is 13.6. The first-order valence-corrected chi connectivity index (χ1v) is 13.7. The Kier molecular flexibility index (Phi) is 8.44. The fraction of sp³-hybridized carbons (Fsp3) is 0.345. The summed E-state index contributed by atoms with van der Waals surface area (Å²) in [7, 11) is 1.53. The molecule has 5 rings (SSSR count). The van der Waals surface area contributed by atoms with Crippen LogP contribution in [0.25, 0.3) is 16.7 Å². The molecule has 3 aromatic heterocycles. The van der Waals surface area contributed by atoms with E-state index in [2.05, 4.69) is 20.6 Å². The van der Waals surface area contributed by atoms with Crippen molar-refractivity contribution in [2.45, 2.75) is 51.1 Å². The van der Waals surface area contributed by atoms with Gasteiger partial charge in [-0.3, -0.25) is 23.7 Å². The number of amides is 2. The molecule has 0 aliphatic heterocycles. The van der Waals surface area contributed by atoms with E-state index < -0.39 is 18.8 Å². The normalized spacial score (nSPS) is 17.1. The van der Waals surface area contributed by atoms with Crippen molar-refractivity contribution in [3.8, 4) is 5.69 Å². The molecule has 1 aromatic carbocycles. The van der Waals surface area contributed by atoms with E-state index in [1.165, 1.54) is 25.5 Å². The lowest BCUT2D eigenvalue weighted by Gasteiger charge is -2.29. The molecule has 214 valence electrons. The number of carbonyl (C=O) groups is 2. The van der Waals surface area contributed by atoms with Crippen LogP contribution in [0.3, 0.4) is 0 Å². The van der Waals surface area contributed by atoms with Crippen molar-refractivity contribution < 1.29 is 18.4 Å². The molecule has 9 nitrogen and oxygen atoms in total. The second-order valence-electron chi connectivity index (χ2n) is 10.1. The van der Waals surface area contributed by atoms with Crippen LogP contribution in [0.5, 0.6) is 0 Å². The van der Waals surface area contributed by atoms with Crippen LogP contribution in [0, 0.1) is 5.92 Å². The Bertz CT molecular complexity index is 1630. The lowest BCUT2D eigenvalue weighted by Crippen LogP contribution is -2.39. The van der Waals surface area contributed by atoms with E-state index in [1.54, 1.807) is 21.3 Å². The topological polar surface area (TPSA) is 111 Å².